The van der Waals surface area contributed by atoms with E-state index in [0.29, 0.717) is 11.1 Å². The Labute approximate surface area is 147 Å². The fourth-order valence-electron chi connectivity index (χ4n) is 3.18. The monoisotopic (exact) mass is 346 g/mol. The maximum Gasteiger partial charge on any atom is 0.239 e. The van der Waals surface area contributed by atoms with Gasteiger partial charge in [0.25, 0.3) is 0 Å². The van der Waals surface area contributed by atoms with Crippen molar-refractivity contribution in [3.63, 3.8) is 0 Å². The summed E-state index contributed by atoms with van der Waals surface area (Å²) in [5.41, 5.74) is 1.06. The van der Waals surface area contributed by atoms with Crippen LogP contribution in [0.15, 0.2) is 36.5 Å². The maximum atomic E-state index is 12.2. The van der Waals surface area contributed by atoms with E-state index in [4.69, 9.17) is 11.6 Å². The lowest BCUT2D eigenvalue weighted by molar-refractivity contribution is -0.115. The minimum absolute atomic E-state index is 0.0502. The zero-order chi connectivity index (χ0) is 16.9. The molecule has 2 N–H and O–H groups in total. The summed E-state index contributed by atoms with van der Waals surface area (Å²) in [5.74, 6) is 0.715. The minimum Gasteiger partial charge on any atom is -0.310 e. The van der Waals surface area contributed by atoms with Crippen molar-refractivity contribution in [2.24, 2.45) is 0 Å². The molecule has 1 amide bonds. The number of nitrogens with zero attached hydrogens (tertiary/aromatic N) is 2. The number of carbonyl (C=O) groups is 1. The Balaban J connectivity index is 1.54. The number of halogens is 1. The van der Waals surface area contributed by atoms with E-state index in [2.05, 4.69) is 15.7 Å². The molecule has 0 radical (unpaired) electrons. The number of carbonyl (C=O) groups excluding carboxylic acids is 1. The molecular formula is C18H23ClN4O. The summed E-state index contributed by atoms with van der Waals surface area (Å²) in [6.45, 7) is 2.26. The molecule has 1 aromatic carbocycles. The molecule has 128 valence electrons. The molecular weight excluding hydrogens is 324 g/mol. The maximum absolute atomic E-state index is 12.2. The van der Waals surface area contributed by atoms with Crippen molar-refractivity contribution in [1.29, 1.82) is 0 Å². The van der Waals surface area contributed by atoms with Gasteiger partial charge in [-0.3, -0.25) is 4.79 Å². The highest BCUT2D eigenvalue weighted by Gasteiger charge is 2.20. The van der Waals surface area contributed by atoms with Crippen molar-refractivity contribution < 1.29 is 4.79 Å². The molecule has 6 heteroatoms. The number of hydrogen-bond donors (Lipinski definition) is 2. The zero-order valence-corrected chi connectivity index (χ0v) is 14.6. The van der Waals surface area contributed by atoms with E-state index in [1.807, 2.05) is 41.9 Å². The molecule has 1 aromatic heterocycles. The summed E-state index contributed by atoms with van der Waals surface area (Å²) >= 11 is 6.01. The first-order valence-corrected chi connectivity index (χ1v) is 8.83. The van der Waals surface area contributed by atoms with E-state index >= 15 is 0 Å². The highest BCUT2D eigenvalue weighted by atomic mass is 35.5. The quantitative estimate of drug-likeness (QED) is 0.832. The van der Waals surface area contributed by atoms with Gasteiger partial charge in [-0.15, -0.1) is 0 Å². The summed E-state index contributed by atoms with van der Waals surface area (Å²) in [4.78, 5) is 12.2. The summed E-state index contributed by atoms with van der Waals surface area (Å²) in [6.07, 6.45) is 6.48. The predicted molar refractivity (Wildman–Crippen MR) is 96.2 cm³/mol. The average Bonchev–Trinajstić information content (AvgIpc) is 3.23. The molecule has 5 nitrogen and oxygen atoms in total. The first-order valence-electron chi connectivity index (χ1n) is 8.45. The zero-order valence-electron chi connectivity index (χ0n) is 13.8. The predicted octanol–water partition coefficient (Wildman–Crippen LogP) is 3.94. The van der Waals surface area contributed by atoms with Crippen LogP contribution in [0.3, 0.4) is 0 Å². The van der Waals surface area contributed by atoms with Gasteiger partial charge in [-0.05, 0) is 37.5 Å². The normalized spacial score (nSPS) is 16.2. The number of anilines is 1. The fourth-order valence-corrected chi connectivity index (χ4v) is 3.38. The second-order valence-electron chi connectivity index (χ2n) is 6.31. The van der Waals surface area contributed by atoms with Crippen LogP contribution in [-0.2, 0) is 4.79 Å². The minimum atomic E-state index is -0.0661. The third kappa shape index (κ3) is 4.16. The van der Waals surface area contributed by atoms with Gasteiger partial charge in [0, 0.05) is 17.1 Å². The number of aromatic nitrogens is 2. The van der Waals surface area contributed by atoms with Gasteiger partial charge in [-0.1, -0.05) is 36.6 Å². The Hall–Kier alpha value is -1.85. The molecule has 2 aromatic rings. The molecule has 0 spiro atoms. The van der Waals surface area contributed by atoms with Gasteiger partial charge >= 0.3 is 0 Å². The first-order chi connectivity index (χ1) is 11.6. The molecule has 0 bridgehead atoms. The van der Waals surface area contributed by atoms with E-state index in [-0.39, 0.29) is 18.5 Å². The lowest BCUT2D eigenvalue weighted by Crippen LogP contribution is -2.31. The summed E-state index contributed by atoms with van der Waals surface area (Å²) in [6, 6.07) is 9.98. The number of rotatable bonds is 6. The summed E-state index contributed by atoms with van der Waals surface area (Å²) in [7, 11) is 0. The van der Waals surface area contributed by atoms with Crippen LogP contribution in [0, 0.1) is 0 Å². The molecule has 0 aliphatic heterocycles. The van der Waals surface area contributed by atoms with Crippen LogP contribution in [0.2, 0.25) is 5.02 Å². The molecule has 1 aliphatic carbocycles. The third-order valence-electron chi connectivity index (χ3n) is 4.53. The van der Waals surface area contributed by atoms with Gasteiger partial charge in [-0.25, -0.2) is 4.68 Å². The molecule has 1 fully saturated rings. The van der Waals surface area contributed by atoms with Crippen molar-refractivity contribution in [3.05, 3.63) is 47.1 Å². The van der Waals surface area contributed by atoms with Crippen LogP contribution in [0.1, 0.15) is 50.3 Å². The van der Waals surface area contributed by atoms with Crippen LogP contribution < -0.4 is 10.6 Å². The Morgan fingerprint density at radius 1 is 1.38 bits per heavy atom. The Morgan fingerprint density at radius 3 is 2.92 bits per heavy atom. The lowest BCUT2D eigenvalue weighted by atomic mass is 10.1. The van der Waals surface area contributed by atoms with E-state index in [0.717, 1.165) is 24.2 Å². The standard InChI is InChI=1S/C18H23ClN4O/c1-13(14-5-4-6-15(19)11-14)20-12-18(24)22-17-9-10-21-23(17)16-7-2-3-8-16/h4-6,9-11,13,16,20H,2-3,7-8,12H2,1H3,(H,22,24)/t13-/m0/s1. The second-order valence-corrected chi connectivity index (χ2v) is 6.74. The van der Waals surface area contributed by atoms with E-state index < -0.39 is 0 Å². The molecule has 0 saturated heterocycles. The van der Waals surface area contributed by atoms with Gasteiger partial charge in [0.2, 0.25) is 5.91 Å². The van der Waals surface area contributed by atoms with Crippen molar-refractivity contribution in [3.8, 4) is 0 Å². The third-order valence-corrected chi connectivity index (χ3v) is 4.76. The Bertz CT molecular complexity index is 694. The summed E-state index contributed by atoms with van der Waals surface area (Å²) < 4.78 is 1.95. The molecule has 1 atom stereocenters. The van der Waals surface area contributed by atoms with Gasteiger partial charge in [0.1, 0.15) is 5.82 Å². The van der Waals surface area contributed by atoms with Gasteiger partial charge in [-0.2, -0.15) is 5.10 Å². The van der Waals surface area contributed by atoms with Crippen molar-refractivity contribution >= 4 is 23.3 Å². The van der Waals surface area contributed by atoms with Crippen molar-refractivity contribution in [1.82, 2.24) is 15.1 Å². The highest BCUT2D eigenvalue weighted by molar-refractivity contribution is 6.30. The Kier molecular flexibility index (Phi) is 5.53. The van der Waals surface area contributed by atoms with E-state index in [1.165, 1.54) is 12.8 Å². The Morgan fingerprint density at radius 2 is 2.17 bits per heavy atom. The molecule has 0 unspecified atom stereocenters. The van der Waals surface area contributed by atoms with Crippen molar-refractivity contribution in [2.45, 2.75) is 44.7 Å². The van der Waals surface area contributed by atoms with Crippen LogP contribution in [-0.4, -0.2) is 22.2 Å². The van der Waals surface area contributed by atoms with Crippen LogP contribution in [0.4, 0.5) is 5.82 Å². The van der Waals surface area contributed by atoms with Crippen molar-refractivity contribution in [2.75, 3.05) is 11.9 Å². The highest BCUT2D eigenvalue weighted by Crippen LogP contribution is 2.31. The molecule has 1 saturated carbocycles. The molecule has 3 rings (SSSR count). The van der Waals surface area contributed by atoms with Crippen LogP contribution in [0.5, 0.6) is 0 Å². The first kappa shape index (κ1) is 17.0. The van der Waals surface area contributed by atoms with Gasteiger partial charge in [0.15, 0.2) is 0 Å². The number of benzene rings is 1. The van der Waals surface area contributed by atoms with E-state index in [9.17, 15) is 4.79 Å². The van der Waals surface area contributed by atoms with Gasteiger partial charge in [0.05, 0.1) is 18.8 Å². The number of nitrogens with one attached hydrogen (secondary N) is 2. The topological polar surface area (TPSA) is 59.0 Å². The lowest BCUT2D eigenvalue weighted by Gasteiger charge is -2.16. The average molecular weight is 347 g/mol. The van der Waals surface area contributed by atoms with Gasteiger partial charge < -0.3 is 10.6 Å². The van der Waals surface area contributed by atoms with E-state index in [1.54, 1.807) is 6.20 Å². The largest absolute Gasteiger partial charge is 0.310 e. The molecule has 24 heavy (non-hydrogen) atoms. The SMILES string of the molecule is C[C@H](NCC(=O)Nc1ccnn1C1CCCC1)c1cccc(Cl)c1. The smallest absolute Gasteiger partial charge is 0.239 e. The summed E-state index contributed by atoms with van der Waals surface area (Å²) in [5, 5.41) is 11.3. The molecule has 1 aliphatic rings. The number of hydrogen-bond acceptors (Lipinski definition) is 3. The molecule has 1 heterocycles. The van der Waals surface area contributed by atoms with Crippen LogP contribution in [0.25, 0.3) is 0 Å². The number of amides is 1. The van der Waals surface area contributed by atoms with Crippen LogP contribution >= 0.6 is 11.6 Å². The fraction of sp³-hybridized carbons (Fsp3) is 0.444. The second kappa shape index (κ2) is 7.81.